The molecule has 0 N–H and O–H groups in total. The van der Waals surface area contributed by atoms with Crippen molar-refractivity contribution in [1.82, 2.24) is 9.78 Å². The van der Waals surface area contributed by atoms with Crippen LogP contribution in [0, 0.1) is 18.3 Å². The summed E-state index contributed by atoms with van der Waals surface area (Å²) in [5.74, 6) is -0.443. The molecule has 0 radical (unpaired) electrons. The van der Waals surface area contributed by atoms with E-state index in [1.165, 1.54) is 10.9 Å². The highest BCUT2D eigenvalue weighted by Crippen LogP contribution is 2.26. The second-order valence-electron chi connectivity index (χ2n) is 4.56. The molecule has 1 aromatic heterocycles. The molecule has 2 rings (SSSR count). The number of carbonyl (C=O) groups excluding carboxylic acids is 1. The molecule has 0 saturated heterocycles. The van der Waals surface area contributed by atoms with Gasteiger partial charge in [-0.2, -0.15) is 10.4 Å². The number of ketones is 1. The van der Waals surface area contributed by atoms with Gasteiger partial charge in [-0.1, -0.05) is 12.1 Å². The molecule has 1 aromatic carbocycles. The van der Waals surface area contributed by atoms with Gasteiger partial charge in [-0.15, -0.1) is 0 Å². The molecule has 0 fully saturated rings. The lowest BCUT2D eigenvalue weighted by molar-refractivity contribution is 0.0978. The Morgan fingerprint density at radius 3 is 2.80 bits per heavy atom. The fraction of sp³-hybridized carbons (Fsp3) is 0.267. The lowest BCUT2D eigenvalue weighted by Crippen LogP contribution is -2.11. The van der Waals surface area contributed by atoms with Crippen molar-refractivity contribution >= 4 is 5.78 Å². The van der Waals surface area contributed by atoms with Crippen LogP contribution in [0.2, 0.25) is 0 Å². The van der Waals surface area contributed by atoms with Gasteiger partial charge in [0.2, 0.25) is 0 Å². The topological polar surface area (TPSA) is 67.9 Å². The third-order valence-electron chi connectivity index (χ3n) is 3.15. The first kappa shape index (κ1) is 13.8. The van der Waals surface area contributed by atoms with E-state index in [2.05, 4.69) is 11.2 Å². The number of ether oxygens (including phenoxy) is 1. The maximum Gasteiger partial charge on any atom is 0.187 e. The first-order valence-corrected chi connectivity index (χ1v) is 6.14. The summed E-state index contributed by atoms with van der Waals surface area (Å²) in [6.45, 7) is 1.91. The highest BCUT2D eigenvalue weighted by molar-refractivity contribution is 6.02. The molecule has 0 spiro atoms. The average Bonchev–Trinajstić information content (AvgIpc) is 2.88. The Morgan fingerprint density at radius 1 is 1.50 bits per heavy atom. The van der Waals surface area contributed by atoms with Crippen LogP contribution in [0.3, 0.4) is 0 Å². The number of nitrogens with zero attached hydrogens (tertiary/aromatic N) is 3. The van der Waals surface area contributed by atoms with Gasteiger partial charge in [0, 0.05) is 13.2 Å². The summed E-state index contributed by atoms with van der Waals surface area (Å²) in [5.41, 5.74) is 2.02. The summed E-state index contributed by atoms with van der Waals surface area (Å²) in [6, 6.07) is 7.41. The number of rotatable bonds is 4. The van der Waals surface area contributed by atoms with Crippen LogP contribution in [-0.4, -0.2) is 22.7 Å². The Morgan fingerprint density at radius 2 is 2.25 bits per heavy atom. The van der Waals surface area contributed by atoms with E-state index in [1.807, 2.05) is 13.0 Å². The fourth-order valence-corrected chi connectivity index (χ4v) is 2.02. The van der Waals surface area contributed by atoms with Crippen LogP contribution in [0.5, 0.6) is 5.75 Å². The third kappa shape index (κ3) is 2.54. The molecule has 0 aliphatic carbocycles. The summed E-state index contributed by atoms with van der Waals surface area (Å²) in [5, 5.41) is 13.3. The molecular weight excluding hydrogens is 254 g/mol. The van der Waals surface area contributed by atoms with Crippen molar-refractivity contribution in [3.05, 3.63) is 47.3 Å². The number of aromatic nitrogens is 2. The standard InChI is InChI=1S/C15H15N3O2/c1-10-4-5-11(6-14(10)20-3)13(7-16)15(19)12-8-17-18(2)9-12/h4-6,8-9,13H,1-3H3. The molecule has 0 bridgehead atoms. The lowest BCUT2D eigenvalue weighted by atomic mass is 9.92. The molecule has 5 nitrogen and oxygen atoms in total. The number of benzene rings is 1. The van der Waals surface area contributed by atoms with E-state index in [9.17, 15) is 10.1 Å². The summed E-state index contributed by atoms with van der Waals surface area (Å²) in [7, 11) is 3.30. The first-order chi connectivity index (χ1) is 9.56. The van der Waals surface area contributed by atoms with Crippen molar-refractivity contribution in [3.8, 4) is 11.8 Å². The molecular formula is C15H15N3O2. The summed E-state index contributed by atoms with van der Waals surface area (Å²) >= 11 is 0. The molecule has 1 atom stereocenters. The number of nitriles is 1. The van der Waals surface area contributed by atoms with E-state index in [1.54, 1.807) is 32.5 Å². The molecule has 0 amide bonds. The minimum absolute atomic E-state index is 0.258. The zero-order chi connectivity index (χ0) is 14.7. The van der Waals surface area contributed by atoms with Crippen LogP contribution in [0.4, 0.5) is 0 Å². The molecule has 20 heavy (non-hydrogen) atoms. The first-order valence-electron chi connectivity index (χ1n) is 6.14. The number of hydrogen-bond donors (Lipinski definition) is 0. The monoisotopic (exact) mass is 269 g/mol. The van der Waals surface area contributed by atoms with Crippen molar-refractivity contribution in [3.63, 3.8) is 0 Å². The predicted molar refractivity (Wildman–Crippen MR) is 73.6 cm³/mol. The fourth-order valence-electron chi connectivity index (χ4n) is 2.02. The lowest BCUT2D eigenvalue weighted by Gasteiger charge is -2.11. The van der Waals surface area contributed by atoms with Gasteiger partial charge in [0.05, 0.1) is 24.9 Å². The number of methoxy groups -OCH3 is 1. The van der Waals surface area contributed by atoms with Gasteiger partial charge < -0.3 is 4.74 Å². The van der Waals surface area contributed by atoms with Gasteiger partial charge in [-0.05, 0) is 24.1 Å². The van der Waals surface area contributed by atoms with Gasteiger partial charge in [-0.3, -0.25) is 9.48 Å². The Balaban J connectivity index is 2.38. The van der Waals surface area contributed by atoms with Crippen molar-refractivity contribution in [1.29, 1.82) is 5.26 Å². The largest absolute Gasteiger partial charge is 0.496 e. The molecule has 2 aromatic rings. The van der Waals surface area contributed by atoms with E-state index in [0.717, 1.165) is 5.56 Å². The second-order valence-corrected chi connectivity index (χ2v) is 4.56. The molecule has 1 unspecified atom stereocenters. The quantitative estimate of drug-likeness (QED) is 0.798. The Bertz CT molecular complexity index is 683. The van der Waals surface area contributed by atoms with Gasteiger partial charge in [0.25, 0.3) is 0 Å². The predicted octanol–water partition coefficient (Wildman–Crippen LogP) is 2.23. The Kier molecular flexibility index (Phi) is 3.85. The number of hydrogen-bond acceptors (Lipinski definition) is 4. The summed E-state index contributed by atoms with van der Waals surface area (Å²) in [6.07, 6.45) is 3.08. The summed E-state index contributed by atoms with van der Waals surface area (Å²) in [4.78, 5) is 12.4. The third-order valence-corrected chi connectivity index (χ3v) is 3.15. The number of Topliss-reactive ketones (excluding diaryl/α,β-unsaturated/α-hetero) is 1. The zero-order valence-electron chi connectivity index (χ0n) is 11.6. The van der Waals surface area contributed by atoms with Gasteiger partial charge in [-0.25, -0.2) is 0 Å². The maximum atomic E-state index is 12.4. The molecule has 1 heterocycles. The molecule has 0 aliphatic rings. The van der Waals surface area contributed by atoms with Gasteiger partial charge in [0.15, 0.2) is 5.78 Å². The number of aryl methyl sites for hydroxylation is 2. The Labute approximate surface area is 117 Å². The van der Waals surface area contributed by atoms with Crippen molar-refractivity contribution < 1.29 is 9.53 Å². The van der Waals surface area contributed by atoms with E-state index in [-0.39, 0.29) is 5.78 Å². The van der Waals surface area contributed by atoms with Gasteiger partial charge in [0.1, 0.15) is 11.7 Å². The highest BCUT2D eigenvalue weighted by atomic mass is 16.5. The average molecular weight is 269 g/mol. The van der Waals surface area contributed by atoms with E-state index in [0.29, 0.717) is 16.9 Å². The van der Waals surface area contributed by atoms with Crippen LogP contribution in [0.25, 0.3) is 0 Å². The number of carbonyl (C=O) groups is 1. The molecule has 0 saturated carbocycles. The van der Waals surface area contributed by atoms with Crippen molar-refractivity contribution in [2.24, 2.45) is 7.05 Å². The minimum atomic E-state index is -0.853. The van der Waals surface area contributed by atoms with Crippen LogP contribution in [0.1, 0.15) is 27.4 Å². The maximum absolute atomic E-state index is 12.4. The zero-order valence-corrected chi connectivity index (χ0v) is 11.6. The second kappa shape index (κ2) is 5.57. The van der Waals surface area contributed by atoms with Crippen molar-refractivity contribution in [2.45, 2.75) is 12.8 Å². The van der Waals surface area contributed by atoms with E-state index < -0.39 is 5.92 Å². The Hall–Kier alpha value is -2.61. The highest BCUT2D eigenvalue weighted by Gasteiger charge is 2.23. The smallest absolute Gasteiger partial charge is 0.187 e. The van der Waals surface area contributed by atoms with E-state index in [4.69, 9.17) is 4.74 Å². The molecule has 5 heteroatoms. The van der Waals surface area contributed by atoms with Gasteiger partial charge >= 0.3 is 0 Å². The molecule has 102 valence electrons. The van der Waals surface area contributed by atoms with Crippen molar-refractivity contribution in [2.75, 3.05) is 7.11 Å². The SMILES string of the molecule is COc1cc(C(C#N)C(=O)c2cnn(C)c2)ccc1C. The van der Waals surface area contributed by atoms with E-state index >= 15 is 0 Å². The normalized spacial score (nSPS) is 11.7. The van der Waals surface area contributed by atoms with Crippen LogP contribution >= 0.6 is 0 Å². The molecule has 0 aliphatic heterocycles. The minimum Gasteiger partial charge on any atom is -0.496 e. The van der Waals surface area contributed by atoms with Crippen LogP contribution in [0.15, 0.2) is 30.6 Å². The van der Waals surface area contributed by atoms with Crippen LogP contribution in [-0.2, 0) is 7.05 Å². The van der Waals surface area contributed by atoms with Crippen LogP contribution < -0.4 is 4.74 Å². The summed E-state index contributed by atoms with van der Waals surface area (Å²) < 4.78 is 6.77.